The fourth-order valence-electron chi connectivity index (χ4n) is 1.47. The van der Waals surface area contributed by atoms with Crippen LogP contribution in [0.1, 0.15) is 24.6 Å². The van der Waals surface area contributed by atoms with Crippen molar-refractivity contribution in [3.8, 4) is 0 Å². The lowest BCUT2D eigenvalue weighted by Gasteiger charge is -2.09. The summed E-state index contributed by atoms with van der Waals surface area (Å²) in [6.07, 6.45) is 3.40. The molecule has 0 aliphatic heterocycles. The molecule has 2 heterocycles. The molecule has 0 spiro atoms. The molecule has 2 aromatic rings. The third-order valence-electron chi connectivity index (χ3n) is 2.43. The first-order valence-corrected chi connectivity index (χ1v) is 6.85. The quantitative estimate of drug-likeness (QED) is 0.732. The van der Waals surface area contributed by atoms with Crippen LogP contribution < -0.4 is 10.5 Å². The summed E-state index contributed by atoms with van der Waals surface area (Å²) in [5, 5.41) is 7.86. The molecule has 18 heavy (non-hydrogen) atoms. The molecule has 0 aliphatic rings. The number of aromatic amines is 1. The Morgan fingerprint density at radius 2 is 2.33 bits per heavy atom. The van der Waals surface area contributed by atoms with Crippen LogP contribution in [0, 0.1) is 0 Å². The largest absolute Gasteiger partial charge is 0.447 e. The standard InChI is InChI=1S/C10H14N4O3S/c1-7(10-12-4-5-13-10)14-6-8-2-3-9(17-8)18(11,15)16/h2-5,7,14H,6H2,1H3,(H,12,13)(H2,11,15,16). The molecule has 0 radical (unpaired) electrons. The number of imidazole rings is 1. The van der Waals surface area contributed by atoms with Crippen LogP contribution in [0.5, 0.6) is 0 Å². The smallest absolute Gasteiger partial charge is 0.271 e. The SMILES string of the molecule is CC(NCc1ccc(S(N)(=O)=O)o1)c1ncc[nH]1. The third kappa shape index (κ3) is 2.97. The van der Waals surface area contributed by atoms with E-state index in [0.29, 0.717) is 12.3 Å². The van der Waals surface area contributed by atoms with Crippen LogP contribution in [0.2, 0.25) is 0 Å². The van der Waals surface area contributed by atoms with Gasteiger partial charge >= 0.3 is 0 Å². The maximum atomic E-state index is 11.0. The molecule has 0 aromatic carbocycles. The zero-order valence-corrected chi connectivity index (χ0v) is 10.6. The highest BCUT2D eigenvalue weighted by Gasteiger charge is 2.14. The molecular weight excluding hydrogens is 256 g/mol. The van der Waals surface area contributed by atoms with Gasteiger partial charge in [-0.15, -0.1) is 0 Å². The summed E-state index contributed by atoms with van der Waals surface area (Å²) >= 11 is 0. The minimum atomic E-state index is -3.78. The fourth-order valence-corrected chi connectivity index (χ4v) is 1.95. The van der Waals surface area contributed by atoms with E-state index in [1.165, 1.54) is 6.07 Å². The summed E-state index contributed by atoms with van der Waals surface area (Å²) in [5.41, 5.74) is 0. The number of nitrogens with one attached hydrogen (secondary N) is 2. The van der Waals surface area contributed by atoms with E-state index in [2.05, 4.69) is 15.3 Å². The number of hydrogen-bond donors (Lipinski definition) is 3. The molecule has 98 valence electrons. The molecule has 7 nitrogen and oxygen atoms in total. The predicted molar refractivity (Wildman–Crippen MR) is 63.9 cm³/mol. The molecule has 0 fully saturated rings. The average Bonchev–Trinajstić information content (AvgIpc) is 2.96. The maximum Gasteiger partial charge on any atom is 0.271 e. The number of aromatic nitrogens is 2. The lowest BCUT2D eigenvalue weighted by atomic mass is 10.3. The zero-order valence-electron chi connectivity index (χ0n) is 9.75. The first-order chi connectivity index (χ1) is 8.47. The van der Waals surface area contributed by atoms with Gasteiger partial charge in [-0.05, 0) is 19.1 Å². The van der Waals surface area contributed by atoms with E-state index >= 15 is 0 Å². The summed E-state index contributed by atoms with van der Waals surface area (Å²) in [6, 6.07) is 2.91. The number of nitrogens with zero attached hydrogens (tertiary/aromatic N) is 1. The second-order valence-electron chi connectivity index (χ2n) is 3.84. The second-order valence-corrected chi connectivity index (χ2v) is 5.34. The van der Waals surface area contributed by atoms with Crippen LogP contribution in [0.3, 0.4) is 0 Å². The maximum absolute atomic E-state index is 11.0. The van der Waals surface area contributed by atoms with Crippen molar-refractivity contribution in [1.82, 2.24) is 15.3 Å². The molecule has 1 unspecified atom stereocenters. The number of furan rings is 1. The van der Waals surface area contributed by atoms with Gasteiger partial charge in [-0.3, -0.25) is 0 Å². The number of hydrogen-bond acceptors (Lipinski definition) is 5. The molecule has 4 N–H and O–H groups in total. The normalized spacial score (nSPS) is 13.7. The molecule has 0 saturated carbocycles. The molecule has 8 heteroatoms. The minimum Gasteiger partial charge on any atom is -0.447 e. The summed E-state index contributed by atoms with van der Waals surface area (Å²) in [7, 11) is -3.78. The molecule has 0 amide bonds. The van der Waals surface area contributed by atoms with Crippen LogP contribution >= 0.6 is 0 Å². The monoisotopic (exact) mass is 270 g/mol. The Hall–Kier alpha value is -1.64. The van der Waals surface area contributed by atoms with Gasteiger partial charge in [-0.25, -0.2) is 18.5 Å². The van der Waals surface area contributed by atoms with Crippen molar-refractivity contribution in [3.05, 3.63) is 36.1 Å². The first kappa shape index (κ1) is 12.8. The van der Waals surface area contributed by atoms with E-state index in [-0.39, 0.29) is 11.1 Å². The lowest BCUT2D eigenvalue weighted by Crippen LogP contribution is -2.18. The molecule has 2 rings (SSSR count). The Labute approximate surface area is 104 Å². The van der Waals surface area contributed by atoms with E-state index in [0.717, 1.165) is 5.82 Å². The van der Waals surface area contributed by atoms with Crippen LogP contribution in [0.25, 0.3) is 0 Å². The molecule has 0 saturated heterocycles. The number of sulfonamides is 1. The van der Waals surface area contributed by atoms with E-state index < -0.39 is 10.0 Å². The van der Waals surface area contributed by atoms with Crippen LogP contribution in [-0.2, 0) is 16.6 Å². The summed E-state index contributed by atoms with van der Waals surface area (Å²) in [6.45, 7) is 2.32. The van der Waals surface area contributed by atoms with Gasteiger partial charge < -0.3 is 14.7 Å². The van der Waals surface area contributed by atoms with Gasteiger partial charge in [0.1, 0.15) is 11.6 Å². The molecule has 2 aromatic heterocycles. The van der Waals surface area contributed by atoms with Crippen LogP contribution in [0.4, 0.5) is 0 Å². The zero-order chi connectivity index (χ0) is 13.2. The van der Waals surface area contributed by atoms with Gasteiger partial charge in [0.25, 0.3) is 10.0 Å². The Morgan fingerprint density at radius 1 is 1.56 bits per heavy atom. The van der Waals surface area contributed by atoms with E-state index in [1.54, 1.807) is 18.5 Å². The van der Waals surface area contributed by atoms with Crippen molar-refractivity contribution in [2.45, 2.75) is 24.6 Å². The highest BCUT2D eigenvalue weighted by molar-refractivity contribution is 7.89. The topological polar surface area (TPSA) is 114 Å². The van der Waals surface area contributed by atoms with E-state index in [1.807, 2.05) is 6.92 Å². The third-order valence-corrected chi connectivity index (χ3v) is 3.21. The second kappa shape index (κ2) is 4.92. The lowest BCUT2D eigenvalue weighted by molar-refractivity contribution is 0.391. The molecule has 0 bridgehead atoms. The van der Waals surface area contributed by atoms with Gasteiger partial charge in [0, 0.05) is 12.4 Å². The number of rotatable bonds is 5. The van der Waals surface area contributed by atoms with Gasteiger partial charge in [0.15, 0.2) is 0 Å². The van der Waals surface area contributed by atoms with Gasteiger partial charge in [-0.1, -0.05) is 0 Å². The number of nitrogens with two attached hydrogens (primary N) is 1. The average molecular weight is 270 g/mol. The Morgan fingerprint density at radius 3 is 2.89 bits per heavy atom. The van der Waals surface area contributed by atoms with E-state index in [9.17, 15) is 8.42 Å². The van der Waals surface area contributed by atoms with E-state index in [4.69, 9.17) is 9.56 Å². The van der Waals surface area contributed by atoms with Crippen molar-refractivity contribution in [3.63, 3.8) is 0 Å². The molecule has 0 aliphatic carbocycles. The summed E-state index contributed by atoms with van der Waals surface area (Å²) in [4.78, 5) is 7.09. The summed E-state index contributed by atoms with van der Waals surface area (Å²) < 4.78 is 27.1. The van der Waals surface area contributed by atoms with Crippen LogP contribution in [-0.4, -0.2) is 18.4 Å². The van der Waals surface area contributed by atoms with Crippen molar-refractivity contribution >= 4 is 10.0 Å². The van der Waals surface area contributed by atoms with Crippen molar-refractivity contribution in [2.24, 2.45) is 5.14 Å². The van der Waals surface area contributed by atoms with Crippen LogP contribution in [0.15, 0.2) is 34.0 Å². The van der Waals surface area contributed by atoms with Crippen molar-refractivity contribution < 1.29 is 12.8 Å². The Kier molecular flexibility index (Phi) is 3.50. The fraction of sp³-hybridized carbons (Fsp3) is 0.300. The number of H-pyrrole nitrogens is 1. The van der Waals surface area contributed by atoms with Crippen molar-refractivity contribution in [2.75, 3.05) is 0 Å². The first-order valence-electron chi connectivity index (χ1n) is 5.31. The highest BCUT2D eigenvalue weighted by Crippen LogP contribution is 2.13. The Bertz CT molecular complexity index is 603. The van der Waals surface area contributed by atoms with Crippen molar-refractivity contribution in [1.29, 1.82) is 0 Å². The van der Waals surface area contributed by atoms with Gasteiger partial charge in [0.2, 0.25) is 5.09 Å². The van der Waals surface area contributed by atoms with Gasteiger partial charge in [0.05, 0.1) is 12.6 Å². The number of primary sulfonamides is 1. The minimum absolute atomic E-state index is 0.00281. The highest BCUT2D eigenvalue weighted by atomic mass is 32.2. The molecular formula is C10H14N4O3S. The summed E-state index contributed by atoms with van der Waals surface area (Å²) in [5.74, 6) is 1.30. The van der Waals surface area contributed by atoms with Gasteiger partial charge in [-0.2, -0.15) is 0 Å². The predicted octanol–water partition coefficient (Wildman–Crippen LogP) is 0.501. The Balaban J connectivity index is 1.97. The molecule has 1 atom stereocenters.